The lowest BCUT2D eigenvalue weighted by atomic mass is 10.1. The molecule has 0 spiro atoms. The molecule has 51 heavy (non-hydrogen) atoms. The lowest BCUT2D eigenvalue weighted by molar-refractivity contribution is -0.121. The molecule has 1 fully saturated rings. The van der Waals surface area contributed by atoms with Crippen LogP contribution in [0.25, 0.3) is 28.6 Å². The molecular weight excluding hydrogens is 735 g/mol. The molecule has 1 aromatic heterocycles. The Hall–Kier alpha value is -5.85. The number of hydrogen-bond acceptors (Lipinski definition) is 7. The second kappa shape index (κ2) is 14.6. The van der Waals surface area contributed by atoms with Crippen molar-refractivity contribution in [1.82, 2.24) is 10.3 Å². The van der Waals surface area contributed by atoms with Gasteiger partial charge in [-0.2, -0.15) is 0 Å². The molecule has 0 unspecified atom stereocenters. The molecule has 4 amide bonds. The highest BCUT2D eigenvalue weighted by atomic mass is 79.9. The zero-order valence-corrected chi connectivity index (χ0v) is 28.9. The third-order valence-electron chi connectivity index (χ3n) is 7.93. The summed E-state index contributed by atoms with van der Waals surface area (Å²) in [5.41, 5.74) is 3.22. The van der Waals surface area contributed by atoms with E-state index in [1.807, 2.05) is 24.3 Å². The number of carbonyl (C=O) groups is 4. The first-order chi connectivity index (χ1) is 24.7. The Kier molecular flexibility index (Phi) is 9.60. The van der Waals surface area contributed by atoms with Gasteiger partial charge in [-0.25, -0.2) is 14.3 Å². The first kappa shape index (κ1) is 33.6. The lowest BCUT2D eigenvalue weighted by Crippen LogP contribution is -2.31. The fourth-order valence-electron chi connectivity index (χ4n) is 5.45. The Labute approximate surface area is 303 Å². The highest BCUT2D eigenvalue weighted by molar-refractivity contribution is 9.10. The summed E-state index contributed by atoms with van der Waals surface area (Å²) in [5, 5.41) is 4.63. The molecule has 0 radical (unpaired) electrons. The van der Waals surface area contributed by atoms with Crippen LogP contribution in [0.5, 0.6) is 0 Å². The summed E-state index contributed by atoms with van der Waals surface area (Å²) in [4.78, 5) is 59.4. The quantitative estimate of drug-likeness (QED) is 0.113. The van der Waals surface area contributed by atoms with Crippen molar-refractivity contribution < 1.29 is 28.0 Å². The van der Waals surface area contributed by atoms with Gasteiger partial charge in [-0.05, 0) is 90.5 Å². The molecule has 0 aliphatic carbocycles. The second-order valence-corrected chi connectivity index (χ2v) is 13.6. The van der Waals surface area contributed by atoms with E-state index in [2.05, 4.69) is 31.5 Å². The number of imide groups is 1. The molecule has 0 bridgehead atoms. The van der Waals surface area contributed by atoms with Crippen molar-refractivity contribution in [1.29, 1.82) is 0 Å². The van der Waals surface area contributed by atoms with Gasteiger partial charge in [-0.15, -0.1) is 11.8 Å². The highest BCUT2D eigenvalue weighted by Gasteiger charge is 2.40. The maximum Gasteiger partial charge on any atom is 0.272 e. The minimum absolute atomic E-state index is 0.00484. The van der Waals surface area contributed by atoms with Crippen LogP contribution in [0.3, 0.4) is 0 Å². The summed E-state index contributed by atoms with van der Waals surface area (Å²) in [5.74, 6) is -2.41. The minimum atomic E-state index is -0.786. The van der Waals surface area contributed by atoms with Crippen LogP contribution in [0.15, 0.2) is 141 Å². The minimum Gasteiger partial charge on any atom is -0.436 e. The van der Waals surface area contributed by atoms with Gasteiger partial charge in [0, 0.05) is 27.0 Å². The van der Waals surface area contributed by atoms with Crippen molar-refractivity contribution in [3.63, 3.8) is 0 Å². The van der Waals surface area contributed by atoms with Crippen molar-refractivity contribution in [2.24, 2.45) is 0 Å². The van der Waals surface area contributed by atoms with Gasteiger partial charge in [0.05, 0.1) is 16.5 Å². The highest BCUT2D eigenvalue weighted by Crippen LogP contribution is 2.36. The number of carbonyl (C=O) groups excluding carboxylic acids is 4. The van der Waals surface area contributed by atoms with E-state index in [9.17, 15) is 23.6 Å². The summed E-state index contributed by atoms with van der Waals surface area (Å²) >= 11 is 4.59. The monoisotopic (exact) mass is 760 g/mol. The standard InChI is InChI=1S/C39H26BrFN4O5S/c40-25-16-12-23(13-17-25)20-32(43-36(47)29-8-1-2-9-30(29)41)37(48)42-26-6-5-7-28(21-26)51-34-22-35(46)45(39(34)49)27-18-14-24(15-19-27)38-44-31-10-3-4-11-33(31)50-38/h1-21,34H,22H2,(H,42,48)(H,43,47)/b32-20-/t34-/m1/s1. The van der Waals surface area contributed by atoms with Crippen molar-refractivity contribution in [3.05, 3.63) is 148 Å². The van der Waals surface area contributed by atoms with Crippen LogP contribution in [0, 0.1) is 5.82 Å². The fourth-order valence-corrected chi connectivity index (χ4v) is 6.82. The summed E-state index contributed by atoms with van der Waals surface area (Å²) in [6.45, 7) is 0. The van der Waals surface area contributed by atoms with Crippen LogP contribution >= 0.6 is 27.7 Å². The maximum atomic E-state index is 14.4. The number of oxazole rings is 1. The van der Waals surface area contributed by atoms with Crippen molar-refractivity contribution in [3.8, 4) is 11.5 Å². The number of hydrogen-bond donors (Lipinski definition) is 2. The normalized spacial score (nSPS) is 14.6. The van der Waals surface area contributed by atoms with Gasteiger partial charge in [0.25, 0.3) is 11.8 Å². The molecule has 1 saturated heterocycles. The first-order valence-electron chi connectivity index (χ1n) is 15.7. The van der Waals surface area contributed by atoms with E-state index in [4.69, 9.17) is 4.42 Å². The van der Waals surface area contributed by atoms with E-state index in [0.717, 1.165) is 16.1 Å². The number of anilines is 2. The largest absolute Gasteiger partial charge is 0.436 e. The second-order valence-electron chi connectivity index (χ2n) is 11.4. The number of fused-ring (bicyclic) bond motifs is 1. The van der Waals surface area contributed by atoms with Crippen LogP contribution in [-0.4, -0.2) is 33.9 Å². The van der Waals surface area contributed by atoms with Crippen LogP contribution in [-0.2, 0) is 14.4 Å². The zero-order chi connectivity index (χ0) is 35.5. The fraction of sp³-hybridized carbons (Fsp3) is 0.0513. The Bertz CT molecular complexity index is 2310. The summed E-state index contributed by atoms with van der Waals surface area (Å²) in [6.07, 6.45) is 1.48. The van der Waals surface area contributed by atoms with Crippen LogP contribution in [0.4, 0.5) is 15.8 Å². The molecule has 0 saturated carbocycles. The van der Waals surface area contributed by atoms with E-state index in [1.54, 1.807) is 72.8 Å². The third-order valence-corrected chi connectivity index (χ3v) is 9.64. The number of nitrogens with one attached hydrogen (secondary N) is 2. The predicted octanol–water partition coefficient (Wildman–Crippen LogP) is 8.23. The zero-order valence-electron chi connectivity index (χ0n) is 26.5. The molecule has 12 heteroatoms. The molecular formula is C39H26BrFN4O5S. The van der Waals surface area contributed by atoms with Crippen molar-refractivity contribution in [2.75, 3.05) is 10.2 Å². The van der Waals surface area contributed by atoms with Crippen LogP contribution in [0.2, 0.25) is 0 Å². The number of amides is 4. The molecule has 6 aromatic rings. The van der Waals surface area contributed by atoms with Crippen molar-refractivity contribution >= 4 is 79.9 Å². The summed E-state index contributed by atoms with van der Waals surface area (Å²) in [6, 6.07) is 33.7. The summed E-state index contributed by atoms with van der Waals surface area (Å²) in [7, 11) is 0. The number of para-hydroxylation sites is 2. The average molecular weight is 762 g/mol. The van der Waals surface area contributed by atoms with Gasteiger partial charge < -0.3 is 15.1 Å². The molecule has 1 aliphatic heterocycles. The lowest BCUT2D eigenvalue weighted by Gasteiger charge is -2.15. The summed E-state index contributed by atoms with van der Waals surface area (Å²) < 4.78 is 21.0. The molecule has 2 N–H and O–H groups in total. The van der Waals surface area contributed by atoms with Gasteiger partial charge in [-0.1, -0.05) is 58.4 Å². The molecule has 1 atom stereocenters. The van der Waals surface area contributed by atoms with E-state index >= 15 is 0 Å². The van der Waals surface area contributed by atoms with Gasteiger partial charge in [-0.3, -0.25) is 19.2 Å². The number of thioether (sulfide) groups is 1. The van der Waals surface area contributed by atoms with Crippen molar-refractivity contribution in [2.45, 2.75) is 16.6 Å². The van der Waals surface area contributed by atoms with E-state index in [-0.39, 0.29) is 29.5 Å². The van der Waals surface area contributed by atoms with Gasteiger partial charge >= 0.3 is 0 Å². The predicted molar refractivity (Wildman–Crippen MR) is 197 cm³/mol. The Balaban J connectivity index is 1.05. The van der Waals surface area contributed by atoms with E-state index < -0.39 is 22.9 Å². The number of rotatable bonds is 9. The third kappa shape index (κ3) is 7.52. The molecule has 2 heterocycles. The molecule has 9 nitrogen and oxygen atoms in total. The Morgan fingerprint density at radius 3 is 2.41 bits per heavy atom. The molecule has 1 aliphatic rings. The van der Waals surface area contributed by atoms with Gasteiger partial charge in [0.1, 0.15) is 17.0 Å². The number of nitrogens with zero attached hydrogens (tertiary/aromatic N) is 2. The van der Waals surface area contributed by atoms with E-state index in [0.29, 0.717) is 38.9 Å². The Morgan fingerprint density at radius 1 is 0.902 bits per heavy atom. The van der Waals surface area contributed by atoms with E-state index in [1.165, 1.54) is 40.9 Å². The van der Waals surface area contributed by atoms with Gasteiger partial charge in [0.2, 0.25) is 17.7 Å². The SMILES string of the molecule is O=C(Nc1cccc(S[C@@H]2CC(=O)N(c3ccc(-c4nc5ccccc5o4)cc3)C2=O)c1)/C(=C/c1ccc(Br)cc1)NC(=O)c1ccccc1F. The average Bonchev–Trinajstić information content (AvgIpc) is 3.69. The molecule has 5 aromatic carbocycles. The number of halogens is 2. The number of aromatic nitrogens is 1. The maximum absolute atomic E-state index is 14.4. The first-order valence-corrected chi connectivity index (χ1v) is 17.3. The topological polar surface area (TPSA) is 122 Å². The van der Waals surface area contributed by atoms with Gasteiger partial charge in [0.15, 0.2) is 5.58 Å². The molecule has 7 rings (SSSR count). The van der Waals surface area contributed by atoms with Crippen LogP contribution in [0.1, 0.15) is 22.3 Å². The number of benzene rings is 5. The van der Waals surface area contributed by atoms with Crippen LogP contribution < -0.4 is 15.5 Å². The molecule has 252 valence electrons. The Morgan fingerprint density at radius 2 is 1.65 bits per heavy atom. The smallest absolute Gasteiger partial charge is 0.272 e.